The van der Waals surface area contributed by atoms with Crippen molar-refractivity contribution in [1.82, 2.24) is 24.4 Å². The number of fused-ring (bicyclic) bond motifs is 1. The van der Waals surface area contributed by atoms with Gasteiger partial charge >= 0.3 is 0 Å². The fraction of sp³-hybridized carbons (Fsp3) is 0.400. The molecule has 8 nitrogen and oxygen atoms in total. The Kier molecular flexibility index (Phi) is 6.82. The Hall–Kier alpha value is -3.94. The van der Waals surface area contributed by atoms with E-state index in [1.54, 1.807) is 13.4 Å². The average molecular weight is 513 g/mol. The van der Waals surface area contributed by atoms with Crippen LogP contribution in [0.5, 0.6) is 5.75 Å². The largest absolute Gasteiger partial charge is 0.497 e. The lowest BCUT2D eigenvalue weighted by molar-refractivity contribution is 0.0746. The van der Waals surface area contributed by atoms with E-state index in [0.717, 1.165) is 17.0 Å². The molecule has 2 aromatic carbocycles. The van der Waals surface area contributed by atoms with Gasteiger partial charge in [-0.15, -0.1) is 0 Å². The lowest BCUT2D eigenvalue weighted by Gasteiger charge is -2.35. The van der Waals surface area contributed by atoms with Crippen molar-refractivity contribution in [2.45, 2.75) is 39.5 Å². The van der Waals surface area contributed by atoms with Crippen LogP contribution in [-0.4, -0.2) is 63.6 Å². The maximum Gasteiger partial charge on any atom is 0.253 e. The second kappa shape index (κ2) is 10.1. The Morgan fingerprint density at radius 3 is 2.37 bits per heavy atom. The van der Waals surface area contributed by atoms with Crippen LogP contribution in [0.1, 0.15) is 53.5 Å². The lowest BCUT2D eigenvalue weighted by Crippen LogP contribution is -2.49. The molecular weight excluding hydrogens is 476 g/mol. The van der Waals surface area contributed by atoms with Crippen molar-refractivity contribution >= 4 is 23.0 Å². The number of benzene rings is 2. The smallest absolute Gasteiger partial charge is 0.253 e. The standard InChI is InChI=1S/C30H36N6O2/c1-20-7-10-23(30(2,3)4)17-22(20)18-25-26-27(31-19-34(26)5)33-29(32-25)36-15-13-35(14-16-36)28(37)21-8-11-24(38-6)12-9-21/h7-12,17,19H,13-16,18H2,1-6H3. The summed E-state index contributed by atoms with van der Waals surface area (Å²) in [6, 6.07) is 14.0. The Morgan fingerprint density at radius 2 is 1.71 bits per heavy atom. The highest BCUT2D eigenvalue weighted by molar-refractivity contribution is 5.94. The molecule has 8 heteroatoms. The van der Waals surface area contributed by atoms with E-state index in [1.807, 2.05) is 40.8 Å². The molecule has 3 heterocycles. The van der Waals surface area contributed by atoms with Crippen molar-refractivity contribution in [3.63, 3.8) is 0 Å². The summed E-state index contributed by atoms with van der Waals surface area (Å²) in [5.74, 6) is 1.44. The van der Waals surface area contributed by atoms with Gasteiger partial charge in [-0.1, -0.05) is 39.0 Å². The van der Waals surface area contributed by atoms with E-state index < -0.39 is 0 Å². The van der Waals surface area contributed by atoms with Crippen molar-refractivity contribution in [1.29, 1.82) is 0 Å². The first-order valence-electron chi connectivity index (χ1n) is 13.1. The summed E-state index contributed by atoms with van der Waals surface area (Å²) in [6.45, 7) is 11.4. The number of imidazole rings is 1. The molecule has 0 atom stereocenters. The number of rotatable bonds is 5. The Bertz CT molecular complexity index is 1460. The predicted octanol–water partition coefficient (Wildman–Crippen LogP) is 4.53. The molecule has 1 fully saturated rings. The highest BCUT2D eigenvalue weighted by Crippen LogP contribution is 2.28. The fourth-order valence-electron chi connectivity index (χ4n) is 4.92. The number of hydrogen-bond acceptors (Lipinski definition) is 6. The Balaban J connectivity index is 1.38. The topological polar surface area (TPSA) is 76.4 Å². The molecule has 0 radical (unpaired) electrons. The van der Waals surface area contributed by atoms with Gasteiger partial charge in [-0.3, -0.25) is 4.79 Å². The molecule has 1 saturated heterocycles. The van der Waals surface area contributed by atoms with Crippen LogP contribution in [0.4, 0.5) is 5.95 Å². The van der Waals surface area contributed by atoms with E-state index in [2.05, 4.69) is 55.8 Å². The van der Waals surface area contributed by atoms with Crippen molar-refractivity contribution in [3.05, 3.63) is 76.7 Å². The number of piperazine rings is 1. The molecule has 1 aliphatic heterocycles. The van der Waals surface area contributed by atoms with Gasteiger partial charge in [0.1, 0.15) is 11.3 Å². The van der Waals surface area contributed by atoms with Crippen LogP contribution in [0.2, 0.25) is 0 Å². The summed E-state index contributed by atoms with van der Waals surface area (Å²) < 4.78 is 7.21. The first-order valence-corrected chi connectivity index (χ1v) is 13.1. The van der Waals surface area contributed by atoms with Crippen molar-refractivity contribution in [3.8, 4) is 5.75 Å². The molecule has 4 aromatic rings. The third-order valence-electron chi connectivity index (χ3n) is 7.39. The van der Waals surface area contributed by atoms with Gasteiger partial charge in [0.15, 0.2) is 5.65 Å². The third-order valence-corrected chi connectivity index (χ3v) is 7.39. The van der Waals surface area contributed by atoms with Gasteiger partial charge in [-0.25, -0.2) is 9.97 Å². The molecule has 0 saturated carbocycles. The van der Waals surface area contributed by atoms with Crippen molar-refractivity contribution < 1.29 is 9.53 Å². The summed E-state index contributed by atoms with van der Waals surface area (Å²) in [4.78, 5) is 31.5. The van der Waals surface area contributed by atoms with Crippen LogP contribution in [0, 0.1) is 6.92 Å². The van der Waals surface area contributed by atoms with Gasteiger partial charge in [0, 0.05) is 45.2 Å². The first kappa shape index (κ1) is 25.7. The predicted molar refractivity (Wildman–Crippen MR) is 150 cm³/mol. The molecule has 38 heavy (non-hydrogen) atoms. The summed E-state index contributed by atoms with van der Waals surface area (Å²) in [5.41, 5.74) is 7.20. The number of nitrogens with zero attached hydrogens (tertiary/aromatic N) is 6. The molecule has 198 valence electrons. The second-order valence-electron chi connectivity index (χ2n) is 11.1. The highest BCUT2D eigenvalue weighted by Gasteiger charge is 2.25. The van der Waals surface area contributed by atoms with Crippen molar-refractivity contribution in [2.24, 2.45) is 7.05 Å². The zero-order valence-electron chi connectivity index (χ0n) is 23.2. The molecule has 2 aromatic heterocycles. The minimum absolute atomic E-state index is 0.0308. The fourth-order valence-corrected chi connectivity index (χ4v) is 4.92. The highest BCUT2D eigenvalue weighted by atomic mass is 16.5. The maximum atomic E-state index is 13.0. The molecule has 0 unspecified atom stereocenters. The minimum Gasteiger partial charge on any atom is -0.497 e. The number of anilines is 1. The lowest BCUT2D eigenvalue weighted by atomic mass is 9.84. The van der Waals surface area contributed by atoms with Crippen LogP contribution in [-0.2, 0) is 18.9 Å². The number of carbonyl (C=O) groups excluding carboxylic acids is 1. The summed E-state index contributed by atoms with van der Waals surface area (Å²) in [5, 5.41) is 0. The number of carbonyl (C=O) groups is 1. The number of aromatic nitrogens is 4. The van der Waals surface area contributed by atoms with Crippen LogP contribution in [0.25, 0.3) is 11.2 Å². The zero-order chi connectivity index (χ0) is 27.0. The van der Waals surface area contributed by atoms with E-state index in [1.165, 1.54) is 16.7 Å². The molecule has 0 aliphatic carbocycles. The van der Waals surface area contributed by atoms with Crippen LogP contribution in [0.15, 0.2) is 48.8 Å². The van der Waals surface area contributed by atoms with Crippen LogP contribution >= 0.6 is 0 Å². The average Bonchev–Trinajstić information content (AvgIpc) is 3.29. The molecule has 0 bridgehead atoms. The quantitative estimate of drug-likeness (QED) is 0.391. The molecule has 0 N–H and O–H groups in total. The molecular formula is C30H36N6O2. The maximum absolute atomic E-state index is 13.0. The van der Waals surface area contributed by atoms with Gasteiger partial charge in [0.05, 0.1) is 19.1 Å². The van der Waals surface area contributed by atoms with E-state index in [4.69, 9.17) is 14.7 Å². The van der Waals surface area contributed by atoms with Gasteiger partial charge < -0.3 is 19.1 Å². The summed E-state index contributed by atoms with van der Waals surface area (Å²) in [7, 11) is 3.61. The Morgan fingerprint density at radius 1 is 1.00 bits per heavy atom. The second-order valence-corrected chi connectivity index (χ2v) is 11.1. The van der Waals surface area contributed by atoms with E-state index in [0.29, 0.717) is 49.8 Å². The van der Waals surface area contributed by atoms with Gasteiger partial charge in [0.2, 0.25) is 5.95 Å². The summed E-state index contributed by atoms with van der Waals surface area (Å²) in [6.07, 6.45) is 2.51. The normalized spacial score (nSPS) is 14.3. The zero-order valence-corrected chi connectivity index (χ0v) is 23.2. The van der Waals surface area contributed by atoms with Gasteiger partial charge in [-0.2, -0.15) is 4.98 Å². The number of amides is 1. The number of methoxy groups -OCH3 is 1. The van der Waals surface area contributed by atoms with E-state index >= 15 is 0 Å². The number of ether oxygens (including phenoxy) is 1. The van der Waals surface area contributed by atoms with Gasteiger partial charge in [-0.05, 0) is 53.3 Å². The van der Waals surface area contributed by atoms with E-state index in [-0.39, 0.29) is 11.3 Å². The number of hydrogen-bond donors (Lipinski definition) is 0. The SMILES string of the molecule is COc1ccc(C(=O)N2CCN(c3nc(Cc4cc(C(C)(C)C)ccc4C)c4c(ncn4C)n3)CC2)cc1. The van der Waals surface area contributed by atoms with Crippen LogP contribution < -0.4 is 9.64 Å². The van der Waals surface area contributed by atoms with Crippen molar-refractivity contribution in [2.75, 3.05) is 38.2 Å². The van der Waals surface area contributed by atoms with Gasteiger partial charge in [0.25, 0.3) is 5.91 Å². The monoisotopic (exact) mass is 512 g/mol. The van der Waals surface area contributed by atoms with Crippen LogP contribution in [0.3, 0.4) is 0 Å². The third kappa shape index (κ3) is 5.08. The molecule has 1 aliphatic rings. The summed E-state index contributed by atoms with van der Waals surface area (Å²) >= 11 is 0. The first-order chi connectivity index (χ1) is 18.1. The Labute approximate surface area is 224 Å². The molecule has 1 amide bonds. The van der Waals surface area contributed by atoms with E-state index in [9.17, 15) is 4.79 Å². The minimum atomic E-state index is 0.0308. The number of aryl methyl sites for hydroxylation is 2. The molecule has 5 rings (SSSR count). The molecule has 0 spiro atoms.